The van der Waals surface area contributed by atoms with Crippen LogP contribution in [0.4, 0.5) is 5.69 Å². The molecular weight excluding hydrogens is 904 g/mol. The number of nitrogens with zero attached hydrogens (tertiary/aromatic N) is 2. The fourth-order valence-corrected chi connectivity index (χ4v) is 4.74. The number of hydrogen-bond donors (Lipinski definition) is 0. The fourth-order valence-electron chi connectivity index (χ4n) is 4.61. The van der Waals surface area contributed by atoms with Crippen molar-refractivity contribution in [1.82, 2.24) is 0 Å². The lowest BCUT2D eigenvalue weighted by Gasteiger charge is -2.20. The Morgan fingerprint density at radius 2 is 0.768 bits per heavy atom. The molecule has 0 saturated heterocycles. The molecule has 0 radical (unpaired) electrons. The number of halogens is 1. The quantitative estimate of drug-likeness (QED) is 0.0401. The summed E-state index contributed by atoms with van der Waals surface area (Å²) in [7, 11) is 3.94. The lowest BCUT2D eigenvalue weighted by Crippen LogP contribution is -2.27. The monoisotopic (exact) mass is 972 g/mol. The number of carbonyl (C=O) groups is 6. The maximum absolute atomic E-state index is 11.7. The zero-order chi connectivity index (χ0) is 52.0. The number of anilines is 1. The molecule has 3 aromatic carbocycles. The van der Waals surface area contributed by atoms with Crippen molar-refractivity contribution < 1.29 is 57.2 Å². The second kappa shape index (κ2) is 31.3. The van der Waals surface area contributed by atoms with Gasteiger partial charge in [0.15, 0.2) is 0 Å². The predicted octanol–water partition coefficient (Wildman–Crippen LogP) is 10.3. The minimum Gasteiger partial charge on any atom is -0.462 e. The van der Waals surface area contributed by atoms with Crippen LogP contribution < -0.4 is 4.90 Å². The summed E-state index contributed by atoms with van der Waals surface area (Å²) in [6.07, 6.45) is 11.0. The van der Waals surface area contributed by atoms with Crippen LogP contribution in [0.15, 0.2) is 91.0 Å². The van der Waals surface area contributed by atoms with E-state index in [1.165, 1.54) is 18.2 Å². The molecule has 0 fully saturated rings. The molecule has 0 aliphatic heterocycles. The number of rotatable bonds is 22. The van der Waals surface area contributed by atoms with E-state index in [1.807, 2.05) is 112 Å². The average Bonchev–Trinajstić information content (AvgIpc) is 3.34. The first-order chi connectivity index (χ1) is 32.5. The topological polar surface area (TPSA) is 185 Å². The SMILES string of the molecule is CCC(C)(C)C(=O)OCCOC(=O)/C=C/c1ccc(C#N)cc1.CCC(C)(C)C(=O)OCCOC(=O)/C=C/c1ccc(Cl)cc1.CCC(C)(C)C(=O)OCCOC(=O)/C=C/c1ccc(N(C)C)cc1. The van der Waals surface area contributed by atoms with Gasteiger partial charge in [-0.05, 0) is 132 Å². The lowest BCUT2D eigenvalue weighted by atomic mass is 9.91. The van der Waals surface area contributed by atoms with Crippen molar-refractivity contribution in [2.45, 2.75) is 81.6 Å². The highest BCUT2D eigenvalue weighted by molar-refractivity contribution is 6.30. The summed E-state index contributed by atoms with van der Waals surface area (Å²) < 4.78 is 30.2. The second-order valence-corrected chi connectivity index (χ2v) is 17.8. The molecule has 15 heteroatoms. The van der Waals surface area contributed by atoms with E-state index in [-0.39, 0.29) is 57.5 Å². The van der Waals surface area contributed by atoms with Gasteiger partial charge in [0, 0.05) is 43.0 Å². The van der Waals surface area contributed by atoms with E-state index in [4.69, 9.17) is 45.3 Å². The van der Waals surface area contributed by atoms with Gasteiger partial charge in [-0.15, -0.1) is 0 Å². The molecule has 374 valence electrons. The van der Waals surface area contributed by atoms with Crippen molar-refractivity contribution in [2.24, 2.45) is 16.2 Å². The molecule has 0 heterocycles. The van der Waals surface area contributed by atoms with Gasteiger partial charge in [-0.25, -0.2) is 14.4 Å². The second-order valence-electron chi connectivity index (χ2n) is 17.4. The van der Waals surface area contributed by atoms with E-state index in [1.54, 1.807) is 66.8 Å². The molecule has 0 saturated carbocycles. The van der Waals surface area contributed by atoms with Crippen LogP contribution in [0, 0.1) is 27.6 Å². The largest absolute Gasteiger partial charge is 0.462 e. The summed E-state index contributed by atoms with van der Waals surface area (Å²) in [6, 6.07) is 23.7. The van der Waals surface area contributed by atoms with Gasteiger partial charge in [0.05, 0.1) is 27.9 Å². The van der Waals surface area contributed by atoms with Crippen LogP contribution in [-0.4, -0.2) is 89.6 Å². The normalized spacial score (nSPS) is 11.3. The van der Waals surface area contributed by atoms with Crippen LogP contribution in [0.2, 0.25) is 5.02 Å². The van der Waals surface area contributed by atoms with Crippen LogP contribution in [0.3, 0.4) is 0 Å². The first-order valence-electron chi connectivity index (χ1n) is 22.6. The van der Waals surface area contributed by atoms with E-state index in [0.29, 0.717) is 29.8 Å². The first kappa shape index (κ1) is 60.3. The molecule has 0 unspecified atom stereocenters. The third-order valence-electron chi connectivity index (χ3n) is 10.5. The van der Waals surface area contributed by atoms with Gasteiger partial charge in [-0.2, -0.15) is 5.26 Å². The number of benzene rings is 3. The van der Waals surface area contributed by atoms with Gasteiger partial charge in [-0.3, -0.25) is 14.4 Å². The summed E-state index contributed by atoms with van der Waals surface area (Å²) in [4.78, 5) is 71.8. The average molecular weight is 974 g/mol. The van der Waals surface area contributed by atoms with Crippen LogP contribution in [0.5, 0.6) is 0 Å². The Morgan fingerprint density at radius 1 is 0.493 bits per heavy atom. The summed E-state index contributed by atoms with van der Waals surface area (Å²) in [5, 5.41) is 9.33. The van der Waals surface area contributed by atoms with Crippen molar-refractivity contribution >= 4 is 71.3 Å². The molecule has 0 aromatic heterocycles. The number of carbonyl (C=O) groups excluding carboxylic acids is 6. The lowest BCUT2D eigenvalue weighted by molar-refractivity contribution is -0.158. The highest BCUT2D eigenvalue weighted by atomic mass is 35.5. The minimum atomic E-state index is -0.528. The zero-order valence-corrected chi connectivity index (χ0v) is 42.7. The van der Waals surface area contributed by atoms with E-state index >= 15 is 0 Å². The molecule has 3 aromatic rings. The van der Waals surface area contributed by atoms with Crippen molar-refractivity contribution in [2.75, 3.05) is 58.6 Å². The van der Waals surface area contributed by atoms with Crippen LogP contribution in [0.25, 0.3) is 18.2 Å². The third kappa shape index (κ3) is 25.3. The standard InChI is InChI=1S/C19H27NO4.C18H21NO4.C17H21ClO4/c1-6-19(2,3)18(22)24-14-13-23-17(21)12-9-15-7-10-16(11-8-15)20(4)5;1-4-18(2,3)17(21)23-12-11-22-16(20)10-9-14-5-7-15(13-19)8-6-14;1-4-17(2,3)16(20)22-12-11-21-15(19)10-7-13-5-8-14(18)9-6-13/h7-12H,6,13-14H2,1-5H3;5-10H,4,11-12H2,1-3H3;5-10H,4,11-12H2,1-3H3/b12-9+;10-9+;10-7+. The highest BCUT2D eigenvalue weighted by Gasteiger charge is 2.28. The molecule has 69 heavy (non-hydrogen) atoms. The molecule has 0 atom stereocenters. The van der Waals surface area contributed by atoms with Gasteiger partial charge in [0.1, 0.15) is 39.6 Å². The number of esters is 6. The molecule has 0 spiro atoms. The van der Waals surface area contributed by atoms with Gasteiger partial charge >= 0.3 is 35.8 Å². The Bertz CT molecular complexity index is 2220. The Labute approximate surface area is 413 Å². The van der Waals surface area contributed by atoms with E-state index in [2.05, 4.69) is 0 Å². The van der Waals surface area contributed by atoms with E-state index in [0.717, 1.165) is 22.4 Å². The van der Waals surface area contributed by atoms with Gasteiger partial charge < -0.3 is 33.3 Å². The van der Waals surface area contributed by atoms with Crippen molar-refractivity contribution in [3.05, 3.63) is 118 Å². The molecule has 3 rings (SSSR count). The molecule has 0 aliphatic carbocycles. The van der Waals surface area contributed by atoms with Crippen molar-refractivity contribution in [3.8, 4) is 6.07 Å². The van der Waals surface area contributed by atoms with Crippen LogP contribution in [0.1, 0.15) is 104 Å². The van der Waals surface area contributed by atoms with Crippen molar-refractivity contribution in [1.29, 1.82) is 5.26 Å². The number of hydrogen-bond acceptors (Lipinski definition) is 14. The van der Waals surface area contributed by atoms with Gasteiger partial charge in [-0.1, -0.05) is 68.8 Å². The summed E-state index contributed by atoms with van der Waals surface area (Å²) in [5.41, 5.74) is 2.64. The number of ether oxygens (including phenoxy) is 6. The highest BCUT2D eigenvalue weighted by Crippen LogP contribution is 2.23. The molecule has 0 N–H and O–H groups in total. The molecule has 0 aliphatic rings. The van der Waals surface area contributed by atoms with Crippen LogP contribution >= 0.6 is 11.6 Å². The number of nitriles is 1. The van der Waals surface area contributed by atoms with Crippen molar-refractivity contribution in [3.63, 3.8) is 0 Å². The Morgan fingerprint density at radius 3 is 1.04 bits per heavy atom. The maximum atomic E-state index is 11.7. The van der Waals surface area contributed by atoms with Gasteiger partial charge in [0.25, 0.3) is 0 Å². The Balaban J connectivity index is 0.000000518. The van der Waals surface area contributed by atoms with E-state index < -0.39 is 34.2 Å². The summed E-state index contributed by atoms with van der Waals surface area (Å²) in [5.74, 6) is -2.33. The van der Waals surface area contributed by atoms with E-state index in [9.17, 15) is 28.8 Å². The van der Waals surface area contributed by atoms with Crippen LogP contribution in [-0.2, 0) is 57.2 Å². The molecular formula is C54H69ClN2O12. The minimum absolute atomic E-state index is 0.0160. The Hall–Kier alpha value is -6.72. The zero-order valence-electron chi connectivity index (χ0n) is 41.9. The smallest absolute Gasteiger partial charge is 0.330 e. The maximum Gasteiger partial charge on any atom is 0.330 e. The first-order valence-corrected chi connectivity index (χ1v) is 23.0. The Kier molecular flexibility index (Phi) is 27.4. The van der Waals surface area contributed by atoms with Gasteiger partial charge in [0.2, 0.25) is 0 Å². The summed E-state index contributed by atoms with van der Waals surface area (Å²) >= 11 is 5.77. The molecule has 14 nitrogen and oxygen atoms in total. The molecule has 0 bridgehead atoms. The molecule has 0 amide bonds. The fraction of sp³-hybridized carbons (Fsp3) is 0.426. The third-order valence-corrected chi connectivity index (χ3v) is 10.8. The predicted molar refractivity (Wildman–Crippen MR) is 268 cm³/mol. The summed E-state index contributed by atoms with van der Waals surface area (Å²) in [6.45, 7) is 16.9.